The zero-order valence-electron chi connectivity index (χ0n) is 21.8. The fraction of sp³-hybridized carbons (Fsp3) is 0.481. The molecule has 202 valence electrons. The largest absolute Gasteiger partial charge is 0.370 e. The third-order valence-electron chi connectivity index (χ3n) is 7.08. The number of benzene rings is 2. The standard InChI is InChI=1S/C27H40N6O3S/c1-27(2,20-10-4-3-5-11-20)21-12-8-14-23(18-21)37(35,36)32-24(15-9-16-31-26(29)30)25(34)33-17-7-6-13-22(33)19-28/h3-5,8,10-12,14,18,22,24,32H,6-7,9,13,15-17,19,28H2,1-2H3,(H4,29,30,31)/t22?,24-/m0/s1. The summed E-state index contributed by atoms with van der Waals surface area (Å²) in [5.41, 5.74) is 18.3. The van der Waals surface area contributed by atoms with Gasteiger partial charge in [0, 0.05) is 31.1 Å². The Morgan fingerprint density at radius 1 is 1.11 bits per heavy atom. The van der Waals surface area contributed by atoms with Crippen LogP contribution in [0.15, 0.2) is 64.5 Å². The van der Waals surface area contributed by atoms with E-state index in [9.17, 15) is 13.2 Å². The molecule has 2 aromatic rings. The van der Waals surface area contributed by atoms with E-state index in [1.807, 2.05) is 36.4 Å². The quantitative estimate of drug-likeness (QED) is 0.199. The van der Waals surface area contributed by atoms with Crippen LogP contribution in [0.3, 0.4) is 0 Å². The van der Waals surface area contributed by atoms with E-state index in [4.69, 9.17) is 17.2 Å². The van der Waals surface area contributed by atoms with E-state index >= 15 is 0 Å². The molecule has 1 fully saturated rings. The summed E-state index contributed by atoms with van der Waals surface area (Å²) in [6.45, 7) is 5.32. The third-order valence-corrected chi connectivity index (χ3v) is 8.55. The molecule has 0 aromatic heterocycles. The van der Waals surface area contributed by atoms with Crippen LogP contribution in [-0.2, 0) is 20.2 Å². The van der Waals surface area contributed by atoms with Gasteiger partial charge in [-0.05, 0) is 55.4 Å². The van der Waals surface area contributed by atoms with Crippen molar-refractivity contribution in [2.45, 2.75) is 68.3 Å². The molecule has 2 aromatic carbocycles. The van der Waals surface area contributed by atoms with E-state index in [0.29, 0.717) is 26.1 Å². The monoisotopic (exact) mass is 528 g/mol. The van der Waals surface area contributed by atoms with Gasteiger partial charge in [-0.1, -0.05) is 56.3 Å². The maximum absolute atomic E-state index is 13.6. The number of nitrogens with one attached hydrogen (secondary N) is 1. The first kappa shape index (κ1) is 28.6. The summed E-state index contributed by atoms with van der Waals surface area (Å²) in [7, 11) is -4.00. The van der Waals surface area contributed by atoms with Crippen molar-refractivity contribution in [3.63, 3.8) is 0 Å². The number of carbonyl (C=O) groups excluding carboxylic acids is 1. The van der Waals surface area contributed by atoms with E-state index in [1.165, 1.54) is 0 Å². The van der Waals surface area contributed by atoms with Crippen molar-refractivity contribution in [3.8, 4) is 0 Å². The van der Waals surface area contributed by atoms with Crippen molar-refractivity contribution in [2.24, 2.45) is 22.2 Å². The lowest BCUT2D eigenvalue weighted by Gasteiger charge is -2.37. The first-order valence-corrected chi connectivity index (χ1v) is 14.3. The van der Waals surface area contributed by atoms with Crippen LogP contribution in [0.1, 0.15) is 57.1 Å². The lowest BCUT2D eigenvalue weighted by atomic mass is 9.78. The van der Waals surface area contributed by atoms with Gasteiger partial charge in [-0.3, -0.25) is 9.79 Å². The van der Waals surface area contributed by atoms with Gasteiger partial charge in [0.05, 0.1) is 4.90 Å². The summed E-state index contributed by atoms with van der Waals surface area (Å²) in [6, 6.07) is 15.8. The van der Waals surface area contributed by atoms with Crippen molar-refractivity contribution in [3.05, 3.63) is 65.7 Å². The molecule has 0 spiro atoms. The Bertz CT molecular complexity index is 1180. The predicted octanol–water partition coefficient (Wildman–Crippen LogP) is 2.05. The highest BCUT2D eigenvalue weighted by molar-refractivity contribution is 7.89. The van der Waals surface area contributed by atoms with E-state index in [-0.39, 0.29) is 29.2 Å². The molecule has 0 radical (unpaired) electrons. The molecule has 1 unspecified atom stereocenters. The number of nitrogens with zero attached hydrogens (tertiary/aromatic N) is 2. The molecule has 0 aliphatic carbocycles. The van der Waals surface area contributed by atoms with Gasteiger partial charge in [-0.2, -0.15) is 4.72 Å². The fourth-order valence-electron chi connectivity index (χ4n) is 4.80. The number of hydrogen-bond donors (Lipinski definition) is 4. The lowest BCUT2D eigenvalue weighted by Crippen LogP contribution is -2.55. The summed E-state index contributed by atoms with van der Waals surface area (Å²) in [5, 5.41) is 0. The van der Waals surface area contributed by atoms with Crippen LogP contribution in [0.25, 0.3) is 0 Å². The molecule has 7 N–H and O–H groups in total. The van der Waals surface area contributed by atoms with Gasteiger partial charge in [0.1, 0.15) is 6.04 Å². The molecule has 1 saturated heterocycles. The lowest BCUT2D eigenvalue weighted by molar-refractivity contribution is -0.136. The third kappa shape index (κ3) is 7.30. The summed E-state index contributed by atoms with van der Waals surface area (Å²) in [6.07, 6.45) is 3.38. The van der Waals surface area contributed by atoms with E-state index in [1.54, 1.807) is 23.1 Å². The fourth-order valence-corrected chi connectivity index (χ4v) is 6.07. The Balaban J connectivity index is 1.87. The molecule has 1 aliphatic rings. The van der Waals surface area contributed by atoms with Gasteiger partial charge in [-0.25, -0.2) is 8.42 Å². The second kappa shape index (κ2) is 12.5. The number of sulfonamides is 1. The van der Waals surface area contributed by atoms with Crippen LogP contribution in [0.5, 0.6) is 0 Å². The van der Waals surface area contributed by atoms with Crippen LogP contribution >= 0.6 is 0 Å². The van der Waals surface area contributed by atoms with Gasteiger partial charge in [-0.15, -0.1) is 0 Å². The minimum Gasteiger partial charge on any atom is -0.370 e. The van der Waals surface area contributed by atoms with Gasteiger partial charge in [0.25, 0.3) is 0 Å². The van der Waals surface area contributed by atoms with Gasteiger partial charge < -0.3 is 22.1 Å². The number of piperidine rings is 1. The molecule has 1 heterocycles. The Morgan fingerprint density at radius 2 is 1.81 bits per heavy atom. The highest BCUT2D eigenvalue weighted by Crippen LogP contribution is 2.32. The number of hydrogen-bond acceptors (Lipinski definition) is 5. The maximum Gasteiger partial charge on any atom is 0.241 e. The Labute approximate surface area is 220 Å². The summed E-state index contributed by atoms with van der Waals surface area (Å²) >= 11 is 0. The molecule has 37 heavy (non-hydrogen) atoms. The zero-order chi connectivity index (χ0) is 27.1. The summed E-state index contributed by atoms with van der Waals surface area (Å²) in [4.78, 5) is 19.4. The van der Waals surface area contributed by atoms with Gasteiger partial charge >= 0.3 is 0 Å². The first-order valence-electron chi connectivity index (χ1n) is 12.8. The number of carbonyl (C=O) groups is 1. The topological polar surface area (TPSA) is 157 Å². The van der Waals surface area contributed by atoms with Gasteiger partial charge in [0.2, 0.25) is 15.9 Å². The molecular weight excluding hydrogens is 488 g/mol. The molecule has 3 rings (SSSR count). The number of rotatable bonds is 11. The molecule has 0 saturated carbocycles. The second-order valence-corrected chi connectivity index (χ2v) is 11.8. The normalized spacial score (nSPS) is 17.3. The van der Waals surface area contributed by atoms with Crippen molar-refractivity contribution >= 4 is 21.9 Å². The van der Waals surface area contributed by atoms with Crippen molar-refractivity contribution in [1.82, 2.24) is 9.62 Å². The van der Waals surface area contributed by atoms with E-state index in [2.05, 4.69) is 23.6 Å². The van der Waals surface area contributed by atoms with E-state index in [0.717, 1.165) is 30.4 Å². The molecule has 1 amide bonds. The Morgan fingerprint density at radius 3 is 2.49 bits per heavy atom. The molecule has 10 heteroatoms. The molecule has 0 bridgehead atoms. The van der Waals surface area contributed by atoms with Crippen molar-refractivity contribution < 1.29 is 13.2 Å². The zero-order valence-corrected chi connectivity index (χ0v) is 22.6. The van der Waals surface area contributed by atoms with Crippen LogP contribution < -0.4 is 21.9 Å². The average Bonchev–Trinajstić information content (AvgIpc) is 2.90. The van der Waals surface area contributed by atoms with E-state index < -0.39 is 21.5 Å². The molecule has 2 atom stereocenters. The summed E-state index contributed by atoms with van der Waals surface area (Å²) in [5.74, 6) is -0.301. The highest BCUT2D eigenvalue weighted by atomic mass is 32.2. The minimum atomic E-state index is -4.00. The van der Waals surface area contributed by atoms with Crippen LogP contribution in [-0.4, -0.2) is 56.9 Å². The number of guanidine groups is 1. The minimum absolute atomic E-state index is 0.0412. The first-order chi connectivity index (χ1) is 17.6. The number of amides is 1. The average molecular weight is 529 g/mol. The van der Waals surface area contributed by atoms with Gasteiger partial charge in [0.15, 0.2) is 5.96 Å². The predicted molar refractivity (Wildman–Crippen MR) is 147 cm³/mol. The number of nitrogens with two attached hydrogens (primary N) is 3. The maximum atomic E-state index is 13.6. The molecule has 9 nitrogen and oxygen atoms in total. The highest BCUT2D eigenvalue weighted by Gasteiger charge is 2.34. The van der Waals surface area contributed by atoms with Crippen LogP contribution in [0.2, 0.25) is 0 Å². The SMILES string of the molecule is CC(C)(c1ccccc1)c1cccc(S(=O)(=O)N[C@@H](CCCN=C(N)N)C(=O)N2CCCCC2CN)c1. The van der Waals surface area contributed by atoms with Crippen LogP contribution in [0, 0.1) is 0 Å². The van der Waals surface area contributed by atoms with Crippen LogP contribution in [0.4, 0.5) is 0 Å². The Hall–Kier alpha value is -2.95. The molecular formula is C27H40N6O3S. The van der Waals surface area contributed by atoms with Crippen molar-refractivity contribution in [2.75, 3.05) is 19.6 Å². The molecule has 1 aliphatic heterocycles. The Kier molecular flexibility index (Phi) is 9.69. The number of likely N-dealkylation sites (tertiary alicyclic amines) is 1. The van der Waals surface area contributed by atoms with Crippen molar-refractivity contribution in [1.29, 1.82) is 0 Å². The summed E-state index contributed by atoms with van der Waals surface area (Å²) < 4.78 is 29.8. The number of aliphatic imine (C=N–C) groups is 1. The smallest absolute Gasteiger partial charge is 0.241 e. The second-order valence-electron chi connectivity index (χ2n) is 10.1.